The Kier molecular flexibility index (Phi) is 2.76. The molecule has 8 heavy (non-hydrogen) atoms. The fraction of sp³-hybridized carbons (Fsp3) is 0.429. The zero-order chi connectivity index (χ0) is 6.62. The topological polar surface area (TPSA) is 0 Å². The Labute approximate surface area is 52.9 Å². The van der Waals surface area contributed by atoms with Crippen LogP contribution in [0, 0.1) is 12.3 Å². The number of hydrogen-bond acceptors (Lipinski definition) is 0. The van der Waals surface area contributed by atoms with Gasteiger partial charge in [0, 0.05) is 0 Å². The molecule has 2 radical (unpaired) electrons. The molecular weight excluding hydrogens is 112 g/mol. The van der Waals surface area contributed by atoms with Gasteiger partial charge in [-0.25, -0.2) is 0 Å². The van der Waals surface area contributed by atoms with Crippen LogP contribution in [0.3, 0.4) is 0 Å². The Hall–Kier alpha value is -0.303. The molecule has 0 amide bonds. The lowest BCUT2D eigenvalue weighted by molar-refractivity contribution is 1.73. The summed E-state index contributed by atoms with van der Waals surface area (Å²) in [5.41, 5.74) is 3.20. The monoisotopic (exact) mass is 124 g/mol. The quantitative estimate of drug-likeness (QED) is 0.391. The number of hydrogen-bond donors (Lipinski definition) is 0. The third kappa shape index (κ3) is 5.70. The van der Waals surface area contributed by atoms with E-state index in [1.165, 1.54) is 6.08 Å². The lowest BCUT2D eigenvalue weighted by atomic mass is 10.6. The van der Waals surface area contributed by atoms with E-state index in [0.29, 0.717) is 0 Å². The van der Waals surface area contributed by atoms with Crippen molar-refractivity contribution in [2.75, 3.05) is 0 Å². The van der Waals surface area contributed by atoms with Crippen LogP contribution in [0.1, 0.15) is 0 Å². The minimum absolute atomic E-state index is 1.09. The average Bonchev–Trinajstić information content (AvgIpc) is 1.59. The maximum absolute atomic E-state index is 5.11. The lowest BCUT2D eigenvalue weighted by Crippen LogP contribution is -2.15. The van der Waals surface area contributed by atoms with Crippen LogP contribution >= 0.6 is 0 Å². The highest BCUT2D eigenvalue weighted by Crippen LogP contribution is 1.99. The van der Waals surface area contributed by atoms with Gasteiger partial charge in [0.25, 0.3) is 0 Å². The molecule has 0 aliphatic heterocycles. The normalized spacial score (nSPS) is 12.4. The molecule has 0 atom stereocenters. The van der Waals surface area contributed by atoms with Crippen LogP contribution < -0.4 is 0 Å². The standard InChI is InChI=1S/C7H12Si/c1-5-6-7-8(2,3)4/h1,5-6H,2-4H3. The second-order valence-electron chi connectivity index (χ2n) is 2.75. The minimum Gasteiger partial charge on any atom is -0.0656 e. The van der Waals surface area contributed by atoms with Gasteiger partial charge in [-0.15, -0.1) is 0 Å². The Morgan fingerprint density at radius 2 is 1.88 bits per heavy atom. The predicted octanol–water partition coefficient (Wildman–Crippen LogP) is 2.21. The molecule has 0 aromatic heterocycles. The molecule has 0 bridgehead atoms. The maximum Gasteiger partial charge on any atom is 0.0774 e. The molecule has 0 aliphatic carbocycles. The van der Waals surface area contributed by atoms with Crippen molar-refractivity contribution in [2.24, 2.45) is 0 Å². The molecule has 0 saturated carbocycles. The molecule has 0 aliphatic rings. The van der Waals surface area contributed by atoms with E-state index in [9.17, 15) is 0 Å². The molecular formula is C7H12Si. The van der Waals surface area contributed by atoms with E-state index in [0.717, 1.165) is 0 Å². The summed E-state index contributed by atoms with van der Waals surface area (Å²) in [6, 6.07) is 0. The van der Waals surface area contributed by atoms with Crippen LogP contribution in [-0.2, 0) is 0 Å². The van der Waals surface area contributed by atoms with Crippen molar-refractivity contribution in [3.8, 4) is 0 Å². The molecule has 0 fully saturated rings. The smallest absolute Gasteiger partial charge is 0.0656 e. The fourth-order valence-corrected chi connectivity index (χ4v) is 0.894. The summed E-state index contributed by atoms with van der Waals surface area (Å²) >= 11 is 0. The van der Waals surface area contributed by atoms with Gasteiger partial charge < -0.3 is 0 Å². The molecule has 44 valence electrons. The second kappa shape index (κ2) is 2.87. The molecule has 1 heteroatoms. The summed E-state index contributed by atoms with van der Waals surface area (Å²) in [6.45, 7) is 11.8. The molecule has 0 heterocycles. The molecule has 0 N–H and O–H groups in total. The Morgan fingerprint density at radius 1 is 1.38 bits per heavy atom. The van der Waals surface area contributed by atoms with Crippen LogP contribution in [0.2, 0.25) is 19.6 Å². The van der Waals surface area contributed by atoms with Crippen LogP contribution in [-0.4, -0.2) is 8.07 Å². The van der Waals surface area contributed by atoms with E-state index in [4.69, 9.17) is 6.58 Å². The average molecular weight is 124 g/mol. The van der Waals surface area contributed by atoms with E-state index in [-0.39, 0.29) is 0 Å². The zero-order valence-corrected chi connectivity index (χ0v) is 6.73. The van der Waals surface area contributed by atoms with Gasteiger partial charge >= 0.3 is 0 Å². The van der Waals surface area contributed by atoms with Crippen molar-refractivity contribution in [2.45, 2.75) is 19.6 Å². The molecule has 0 spiro atoms. The van der Waals surface area contributed by atoms with Gasteiger partial charge in [0.1, 0.15) is 0 Å². The first kappa shape index (κ1) is 7.70. The SMILES string of the molecule is [CH]=C/C=[C]/[Si](C)(C)C. The molecule has 0 aromatic rings. The number of allylic oxidation sites excluding steroid dienone is 2. The van der Waals surface area contributed by atoms with Gasteiger partial charge in [0.15, 0.2) is 0 Å². The lowest BCUT2D eigenvalue weighted by Gasteiger charge is -2.05. The van der Waals surface area contributed by atoms with Crippen molar-refractivity contribution in [1.82, 2.24) is 0 Å². The van der Waals surface area contributed by atoms with E-state index in [2.05, 4.69) is 25.3 Å². The molecule has 0 aromatic carbocycles. The van der Waals surface area contributed by atoms with Crippen molar-refractivity contribution in [1.29, 1.82) is 0 Å². The van der Waals surface area contributed by atoms with Crippen molar-refractivity contribution in [3.63, 3.8) is 0 Å². The molecule has 0 rings (SSSR count). The number of rotatable bonds is 2. The highest BCUT2D eigenvalue weighted by Gasteiger charge is 2.05. The molecule has 0 unspecified atom stereocenters. The Balaban J connectivity index is 3.69. The van der Waals surface area contributed by atoms with E-state index in [1.54, 1.807) is 6.08 Å². The first-order valence-corrected chi connectivity index (χ1v) is 6.21. The predicted molar refractivity (Wildman–Crippen MR) is 40.0 cm³/mol. The van der Waals surface area contributed by atoms with Crippen molar-refractivity contribution >= 4 is 8.07 Å². The summed E-state index contributed by atoms with van der Waals surface area (Å²) in [5, 5.41) is 0. The fourth-order valence-electron chi connectivity index (χ4n) is 0.298. The van der Waals surface area contributed by atoms with Crippen molar-refractivity contribution < 1.29 is 0 Å². The van der Waals surface area contributed by atoms with Gasteiger partial charge in [0.05, 0.1) is 8.07 Å². The third-order valence-electron chi connectivity index (χ3n) is 0.613. The summed E-state index contributed by atoms with van der Waals surface area (Å²) in [7, 11) is -1.09. The minimum atomic E-state index is -1.09. The zero-order valence-electron chi connectivity index (χ0n) is 5.73. The largest absolute Gasteiger partial charge is 0.0774 e. The maximum atomic E-state index is 5.11. The molecule has 0 nitrogen and oxygen atoms in total. The van der Waals surface area contributed by atoms with E-state index in [1.807, 2.05) is 0 Å². The summed E-state index contributed by atoms with van der Waals surface area (Å²) in [6.07, 6.45) is 3.32. The second-order valence-corrected chi connectivity index (χ2v) is 7.54. The van der Waals surface area contributed by atoms with Gasteiger partial charge in [-0.3, -0.25) is 0 Å². The Bertz CT molecular complexity index is 95.4. The van der Waals surface area contributed by atoms with Crippen LogP contribution in [0.25, 0.3) is 0 Å². The van der Waals surface area contributed by atoms with Crippen LogP contribution in [0.5, 0.6) is 0 Å². The summed E-state index contributed by atoms with van der Waals surface area (Å²) in [4.78, 5) is 0. The highest BCUT2D eigenvalue weighted by atomic mass is 28.3. The summed E-state index contributed by atoms with van der Waals surface area (Å²) in [5.74, 6) is 0. The summed E-state index contributed by atoms with van der Waals surface area (Å²) < 4.78 is 0. The van der Waals surface area contributed by atoms with Crippen LogP contribution in [0.4, 0.5) is 0 Å². The van der Waals surface area contributed by atoms with Gasteiger partial charge in [-0.05, 0) is 0 Å². The molecule has 0 saturated heterocycles. The first-order valence-electron chi connectivity index (χ1n) is 2.71. The van der Waals surface area contributed by atoms with Gasteiger partial charge in [-0.1, -0.05) is 44.1 Å². The first-order chi connectivity index (χ1) is 3.56. The van der Waals surface area contributed by atoms with Crippen molar-refractivity contribution in [3.05, 3.63) is 24.4 Å². The highest BCUT2D eigenvalue weighted by molar-refractivity contribution is 6.78. The van der Waals surface area contributed by atoms with Gasteiger partial charge in [-0.2, -0.15) is 0 Å². The van der Waals surface area contributed by atoms with Crippen LogP contribution in [0.15, 0.2) is 12.2 Å². The van der Waals surface area contributed by atoms with E-state index >= 15 is 0 Å². The van der Waals surface area contributed by atoms with E-state index < -0.39 is 8.07 Å². The Morgan fingerprint density at radius 3 is 2.00 bits per heavy atom. The third-order valence-corrected chi connectivity index (χ3v) is 1.65. The van der Waals surface area contributed by atoms with Gasteiger partial charge in [0.2, 0.25) is 0 Å².